The largest absolute Gasteiger partial charge is 0.478 e. The second-order valence-corrected chi connectivity index (χ2v) is 15.5. The minimum atomic E-state index is -1.28. The molecule has 0 bridgehead atoms. The van der Waals surface area contributed by atoms with Crippen LogP contribution in [-0.4, -0.2) is 39.5 Å². The van der Waals surface area contributed by atoms with Gasteiger partial charge in [-0.25, -0.2) is 9.59 Å². The van der Waals surface area contributed by atoms with E-state index in [0.29, 0.717) is 51.2 Å². The van der Waals surface area contributed by atoms with Crippen LogP contribution < -0.4 is 10.6 Å². The summed E-state index contributed by atoms with van der Waals surface area (Å²) in [6.45, 7) is 14.4. The fourth-order valence-corrected chi connectivity index (χ4v) is 7.60. The van der Waals surface area contributed by atoms with Crippen molar-refractivity contribution in [2.75, 3.05) is 5.32 Å². The van der Waals surface area contributed by atoms with Gasteiger partial charge in [0.05, 0.1) is 22.3 Å². The van der Waals surface area contributed by atoms with Gasteiger partial charge in [-0.3, -0.25) is 9.59 Å². The van der Waals surface area contributed by atoms with Crippen LogP contribution >= 0.6 is 0 Å². The van der Waals surface area contributed by atoms with Crippen LogP contribution in [0.5, 0.6) is 0 Å². The smallest absolute Gasteiger partial charge is 0.336 e. The maximum atomic E-state index is 14.4. The molecule has 0 heterocycles. The van der Waals surface area contributed by atoms with Crippen LogP contribution in [0.25, 0.3) is 43.8 Å². The van der Waals surface area contributed by atoms with Crippen LogP contribution in [0.1, 0.15) is 120 Å². The van der Waals surface area contributed by atoms with Crippen LogP contribution in [0, 0.1) is 6.92 Å². The van der Waals surface area contributed by atoms with E-state index in [1.807, 2.05) is 64.1 Å². The van der Waals surface area contributed by atoms with Crippen LogP contribution in [-0.2, 0) is 5.41 Å². The number of hydrogen-bond donors (Lipinski definition) is 4. The molecule has 0 fully saturated rings. The average Bonchev–Trinajstić information content (AvgIpc) is 3.22. The summed E-state index contributed by atoms with van der Waals surface area (Å²) in [4.78, 5) is 54.1. The summed E-state index contributed by atoms with van der Waals surface area (Å²) in [5.41, 5.74) is 4.52. The lowest BCUT2D eigenvalue weighted by atomic mass is 9.77. The number of hydrogen-bond acceptors (Lipinski definition) is 4. The number of rotatable bonds is 13. The van der Waals surface area contributed by atoms with Gasteiger partial charge in [-0.15, -0.1) is 0 Å². The normalized spacial score (nSPS) is 11.8. The Morgan fingerprint density at radius 1 is 0.596 bits per heavy atom. The highest BCUT2D eigenvalue weighted by Crippen LogP contribution is 2.41. The summed E-state index contributed by atoms with van der Waals surface area (Å²) in [5.74, 6) is -3.69. The van der Waals surface area contributed by atoms with Gasteiger partial charge in [0.25, 0.3) is 11.8 Å². The summed E-state index contributed by atoms with van der Waals surface area (Å²) in [6, 6.07) is 31.4. The molecule has 2 amide bonds. The summed E-state index contributed by atoms with van der Waals surface area (Å²) >= 11 is 0. The number of anilines is 1. The lowest BCUT2D eigenvalue weighted by molar-refractivity contribution is 0.0682. The molecular weight excluding hydrogens is 713 g/mol. The van der Waals surface area contributed by atoms with E-state index in [0.717, 1.165) is 29.5 Å². The molecule has 0 radical (unpaired) electrons. The number of benzene rings is 6. The standard InChI is InChI=1S/C49H50N2O6/c1-8-48(6,9-2)34-20-16-30(17-21-34)31-18-22-35(23-19-31)50-44(52)39-28-37-33(27-40(39)46(54)55)24-29(5)25-38(37)42-36-15-13-12-14-32(36)26-41(47(56)57)43(42)45(53)51-49(7,10-3)11-4/h12-28H,8-11H2,1-7H3,(H,50,52)(H,51,53)(H,54,55)(H,56,57). The Kier molecular flexibility index (Phi) is 11.4. The van der Waals surface area contributed by atoms with E-state index in [9.17, 15) is 29.4 Å². The lowest BCUT2D eigenvalue weighted by Gasteiger charge is -2.29. The third-order valence-corrected chi connectivity index (χ3v) is 12.1. The molecule has 6 aromatic rings. The number of fused-ring (bicyclic) bond motifs is 2. The van der Waals surface area contributed by atoms with E-state index in [1.165, 1.54) is 23.8 Å². The minimum Gasteiger partial charge on any atom is -0.478 e. The highest BCUT2D eigenvalue weighted by molar-refractivity contribution is 6.21. The molecule has 8 heteroatoms. The second-order valence-electron chi connectivity index (χ2n) is 15.5. The molecule has 0 atom stereocenters. The zero-order valence-corrected chi connectivity index (χ0v) is 33.7. The molecule has 0 aliphatic rings. The lowest BCUT2D eigenvalue weighted by Crippen LogP contribution is -2.45. The van der Waals surface area contributed by atoms with Gasteiger partial charge in [-0.05, 0) is 125 Å². The van der Waals surface area contributed by atoms with Crippen LogP contribution in [0.15, 0.2) is 103 Å². The third kappa shape index (κ3) is 7.90. The first-order chi connectivity index (χ1) is 27.1. The predicted molar refractivity (Wildman–Crippen MR) is 230 cm³/mol. The molecule has 0 aromatic heterocycles. The summed E-state index contributed by atoms with van der Waals surface area (Å²) in [5, 5.41) is 29.2. The zero-order chi connectivity index (χ0) is 41.2. The van der Waals surface area contributed by atoms with Crippen molar-refractivity contribution in [3.63, 3.8) is 0 Å². The minimum absolute atomic E-state index is 0.00554. The Hall–Kier alpha value is -6.28. The molecule has 292 valence electrons. The van der Waals surface area contributed by atoms with Crippen LogP contribution in [0.2, 0.25) is 0 Å². The number of carbonyl (C=O) groups is 4. The monoisotopic (exact) mass is 762 g/mol. The average molecular weight is 763 g/mol. The Balaban J connectivity index is 1.47. The molecule has 0 saturated carbocycles. The van der Waals surface area contributed by atoms with Gasteiger partial charge >= 0.3 is 11.9 Å². The van der Waals surface area contributed by atoms with E-state index in [2.05, 4.69) is 55.7 Å². The number of carboxylic acids is 2. The molecule has 0 spiro atoms. The molecule has 6 aromatic carbocycles. The number of carboxylic acid groups (broad SMARTS) is 2. The third-order valence-electron chi connectivity index (χ3n) is 12.1. The summed E-state index contributed by atoms with van der Waals surface area (Å²) in [6.07, 6.45) is 3.34. The van der Waals surface area contributed by atoms with Gasteiger partial charge in [-0.1, -0.05) is 107 Å². The Labute approximate surface area is 334 Å². The topological polar surface area (TPSA) is 133 Å². The Morgan fingerprint density at radius 3 is 1.75 bits per heavy atom. The van der Waals surface area contributed by atoms with E-state index in [-0.39, 0.29) is 27.7 Å². The van der Waals surface area contributed by atoms with E-state index in [1.54, 1.807) is 24.3 Å². The quantitative estimate of drug-likeness (QED) is 0.0926. The fraction of sp³-hybridized carbons (Fsp3) is 0.265. The second kappa shape index (κ2) is 16.1. The zero-order valence-electron chi connectivity index (χ0n) is 33.7. The molecule has 0 saturated heterocycles. The van der Waals surface area contributed by atoms with Gasteiger partial charge in [0.2, 0.25) is 0 Å². The van der Waals surface area contributed by atoms with Crippen molar-refractivity contribution in [1.29, 1.82) is 0 Å². The van der Waals surface area contributed by atoms with Gasteiger partial charge in [0.15, 0.2) is 0 Å². The molecule has 57 heavy (non-hydrogen) atoms. The molecule has 8 nitrogen and oxygen atoms in total. The molecule has 6 rings (SSSR count). The van der Waals surface area contributed by atoms with Gasteiger partial charge in [-0.2, -0.15) is 0 Å². The van der Waals surface area contributed by atoms with Crippen molar-refractivity contribution < 1.29 is 29.4 Å². The highest BCUT2D eigenvalue weighted by atomic mass is 16.4. The van der Waals surface area contributed by atoms with Crippen molar-refractivity contribution in [3.8, 4) is 22.3 Å². The maximum Gasteiger partial charge on any atom is 0.336 e. The van der Waals surface area contributed by atoms with Gasteiger partial charge < -0.3 is 20.8 Å². The van der Waals surface area contributed by atoms with Crippen molar-refractivity contribution in [3.05, 3.63) is 137 Å². The van der Waals surface area contributed by atoms with E-state index >= 15 is 0 Å². The number of aryl methyl sites for hydroxylation is 1. The van der Waals surface area contributed by atoms with Crippen LogP contribution in [0.4, 0.5) is 5.69 Å². The summed E-state index contributed by atoms with van der Waals surface area (Å²) in [7, 11) is 0. The molecule has 0 unspecified atom stereocenters. The van der Waals surface area contributed by atoms with Gasteiger partial charge in [0, 0.05) is 16.8 Å². The summed E-state index contributed by atoms with van der Waals surface area (Å²) < 4.78 is 0. The van der Waals surface area contributed by atoms with E-state index in [4.69, 9.17) is 0 Å². The first-order valence-electron chi connectivity index (χ1n) is 19.6. The molecule has 0 aliphatic carbocycles. The van der Waals surface area contributed by atoms with Crippen molar-refractivity contribution in [2.24, 2.45) is 0 Å². The van der Waals surface area contributed by atoms with Crippen LogP contribution in [0.3, 0.4) is 0 Å². The SMILES string of the molecule is CCC(C)(CC)NC(=O)c1c(C(=O)O)cc2ccccc2c1-c1cc(C)cc2cc(C(=O)O)c(C(=O)Nc3ccc(-c4ccc(C(C)(CC)CC)cc4)cc3)cc12. The van der Waals surface area contributed by atoms with Gasteiger partial charge in [0.1, 0.15) is 0 Å². The van der Waals surface area contributed by atoms with Crippen molar-refractivity contribution >= 4 is 51.0 Å². The Morgan fingerprint density at radius 2 is 1.18 bits per heavy atom. The Bertz CT molecular complexity index is 2530. The number of aromatic carboxylic acids is 2. The molecular formula is C49H50N2O6. The van der Waals surface area contributed by atoms with Crippen molar-refractivity contribution in [2.45, 2.75) is 85.1 Å². The van der Waals surface area contributed by atoms with Crippen molar-refractivity contribution in [1.82, 2.24) is 5.32 Å². The molecule has 0 aliphatic heterocycles. The first-order valence-corrected chi connectivity index (χ1v) is 19.6. The maximum absolute atomic E-state index is 14.4. The predicted octanol–water partition coefficient (Wildman–Crippen LogP) is 11.7. The fourth-order valence-electron chi connectivity index (χ4n) is 7.60. The number of amides is 2. The van der Waals surface area contributed by atoms with E-state index < -0.39 is 29.3 Å². The molecule has 4 N–H and O–H groups in total. The number of carbonyl (C=O) groups excluding carboxylic acids is 2. The first kappa shape index (κ1) is 40.4. The highest BCUT2D eigenvalue weighted by Gasteiger charge is 2.31. The number of nitrogens with one attached hydrogen (secondary N) is 2.